The lowest BCUT2D eigenvalue weighted by atomic mass is 10.2. The normalized spacial score (nSPS) is 18.9. The van der Waals surface area contributed by atoms with Crippen LogP contribution in [0.1, 0.15) is 5.56 Å². The summed E-state index contributed by atoms with van der Waals surface area (Å²) in [6.07, 6.45) is 1.74. The molecule has 4 rings (SSSR count). The maximum atomic E-state index is 13.2. The van der Waals surface area contributed by atoms with Crippen LogP contribution in [0.3, 0.4) is 0 Å². The molecule has 8 heteroatoms. The first kappa shape index (κ1) is 16.0. The van der Waals surface area contributed by atoms with E-state index < -0.39 is 5.82 Å². The van der Waals surface area contributed by atoms with E-state index in [1.54, 1.807) is 18.2 Å². The van der Waals surface area contributed by atoms with Crippen LogP contribution >= 0.6 is 23.4 Å². The van der Waals surface area contributed by atoms with Crippen molar-refractivity contribution in [1.29, 1.82) is 0 Å². The molecular formula is C17H10ClFN2O3S. The number of hydrogen-bond donors (Lipinski definition) is 1. The van der Waals surface area contributed by atoms with Gasteiger partial charge in [0.15, 0.2) is 16.7 Å². The van der Waals surface area contributed by atoms with Gasteiger partial charge in [-0.3, -0.25) is 4.79 Å². The molecule has 5 nitrogen and oxygen atoms in total. The van der Waals surface area contributed by atoms with Crippen LogP contribution in [0.15, 0.2) is 46.3 Å². The summed E-state index contributed by atoms with van der Waals surface area (Å²) in [5, 5.41) is 3.05. The van der Waals surface area contributed by atoms with Gasteiger partial charge in [0.25, 0.3) is 5.91 Å². The summed E-state index contributed by atoms with van der Waals surface area (Å²) >= 11 is 6.93. The number of nitrogens with zero attached hydrogens (tertiary/aromatic N) is 1. The first-order valence-corrected chi connectivity index (χ1v) is 8.42. The summed E-state index contributed by atoms with van der Waals surface area (Å²) in [6.45, 7) is 0.196. The number of rotatable bonds is 2. The Kier molecular flexibility index (Phi) is 4.10. The number of carbonyl (C=O) groups is 1. The van der Waals surface area contributed by atoms with Gasteiger partial charge >= 0.3 is 0 Å². The summed E-state index contributed by atoms with van der Waals surface area (Å²) in [4.78, 5) is 16.9. The average molecular weight is 377 g/mol. The fourth-order valence-electron chi connectivity index (χ4n) is 2.31. The summed E-state index contributed by atoms with van der Waals surface area (Å²) in [5.41, 5.74) is 1.27. The molecule has 2 aliphatic rings. The first-order valence-electron chi connectivity index (χ1n) is 7.23. The third-order valence-corrected chi connectivity index (χ3v) is 4.68. The molecule has 2 aliphatic heterocycles. The van der Waals surface area contributed by atoms with Crippen molar-refractivity contribution in [1.82, 2.24) is 5.32 Å². The molecule has 2 heterocycles. The molecule has 0 unspecified atom stereocenters. The Morgan fingerprint density at radius 3 is 2.88 bits per heavy atom. The van der Waals surface area contributed by atoms with Crippen molar-refractivity contribution in [3.63, 3.8) is 0 Å². The topological polar surface area (TPSA) is 59.9 Å². The van der Waals surface area contributed by atoms with Crippen molar-refractivity contribution in [2.45, 2.75) is 0 Å². The van der Waals surface area contributed by atoms with Gasteiger partial charge < -0.3 is 14.8 Å². The number of hydrogen-bond acceptors (Lipinski definition) is 5. The second-order valence-electron chi connectivity index (χ2n) is 5.19. The van der Waals surface area contributed by atoms with Gasteiger partial charge in [-0.15, -0.1) is 0 Å². The van der Waals surface area contributed by atoms with E-state index in [-0.39, 0.29) is 17.7 Å². The van der Waals surface area contributed by atoms with E-state index in [2.05, 4.69) is 10.3 Å². The van der Waals surface area contributed by atoms with E-state index in [0.717, 1.165) is 5.56 Å². The minimum absolute atomic E-state index is 0.0210. The molecule has 1 N–H and O–H groups in total. The lowest BCUT2D eigenvalue weighted by molar-refractivity contribution is -0.115. The summed E-state index contributed by atoms with van der Waals surface area (Å²) < 4.78 is 23.8. The van der Waals surface area contributed by atoms with Crippen molar-refractivity contribution in [3.05, 3.63) is 57.7 Å². The highest BCUT2D eigenvalue weighted by atomic mass is 35.5. The minimum Gasteiger partial charge on any atom is -0.454 e. The number of nitrogens with one attached hydrogen (secondary N) is 1. The molecule has 0 saturated carbocycles. The molecule has 25 heavy (non-hydrogen) atoms. The molecule has 126 valence electrons. The second-order valence-corrected chi connectivity index (χ2v) is 6.63. The fourth-order valence-corrected chi connectivity index (χ4v) is 3.32. The largest absolute Gasteiger partial charge is 0.454 e. The third-order valence-electron chi connectivity index (χ3n) is 3.48. The van der Waals surface area contributed by atoms with Gasteiger partial charge in [-0.1, -0.05) is 17.7 Å². The Bertz CT molecular complexity index is 945. The monoisotopic (exact) mass is 376 g/mol. The molecule has 0 aromatic heterocycles. The van der Waals surface area contributed by atoms with Crippen LogP contribution in [0.25, 0.3) is 6.08 Å². The van der Waals surface area contributed by atoms with Crippen molar-refractivity contribution in [2.24, 2.45) is 4.99 Å². The Hall–Kier alpha value is -2.51. The molecule has 2 aromatic carbocycles. The van der Waals surface area contributed by atoms with Gasteiger partial charge in [0.2, 0.25) is 6.79 Å². The number of thioether (sulfide) groups is 1. The van der Waals surface area contributed by atoms with Gasteiger partial charge in [-0.2, -0.15) is 0 Å². The van der Waals surface area contributed by atoms with Gasteiger partial charge in [0.05, 0.1) is 15.6 Å². The fraction of sp³-hybridized carbons (Fsp3) is 0.0588. The smallest absolute Gasteiger partial charge is 0.264 e. The van der Waals surface area contributed by atoms with Crippen LogP contribution in [0.4, 0.5) is 10.1 Å². The van der Waals surface area contributed by atoms with E-state index in [9.17, 15) is 9.18 Å². The number of carbonyl (C=O) groups excluding carboxylic acids is 1. The van der Waals surface area contributed by atoms with Gasteiger partial charge in [0, 0.05) is 0 Å². The lowest BCUT2D eigenvalue weighted by Crippen LogP contribution is -2.19. The molecule has 1 fully saturated rings. The Balaban J connectivity index is 1.57. The van der Waals surface area contributed by atoms with Crippen molar-refractivity contribution in [3.8, 4) is 11.5 Å². The van der Waals surface area contributed by atoms with Crippen LogP contribution in [0, 0.1) is 5.82 Å². The SMILES string of the molecule is O=C1NC(=Nc2ccc(F)c(Cl)c2)SC1=Cc1ccc2c(c1)OCO2. The molecule has 1 amide bonds. The van der Waals surface area contributed by atoms with Crippen molar-refractivity contribution >= 4 is 46.2 Å². The Labute approximate surface area is 151 Å². The van der Waals surface area contributed by atoms with E-state index in [1.807, 2.05) is 6.07 Å². The summed E-state index contributed by atoms with van der Waals surface area (Å²) in [7, 11) is 0. The Morgan fingerprint density at radius 1 is 1.20 bits per heavy atom. The van der Waals surface area contributed by atoms with Gasteiger partial charge in [-0.25, -0.2) is 9.38 Å². The van der Waals surface area contributed by atoms with Crippen molar-refractivity contribution in [2.75, 3.05) is 6.79 Å². The standard InChI is InChI=1S/C17H10ClFN2O3S/c18-11-7-10(2-3-12(11)19)20-17-21-16(22)15(25-17)6-9-1-4-13-14(5-9)24-8-23-13/h1-7H,8H2,(H,20,21,22). The molecule has 0 atom stereocenters. The number of fused-ring (bicyclic) bond motifs is 1. The zero-order valence-corrected chi connectivity index (χ0v) is 14.2. The maximum Gasteiger partial charge on any atom is 0.264 e. The number of benzene rings is 2. The quantitative estimate of drug-likeness (QED) is 0.802. The highest BCUT2D eigenvalue weighted by Gasteiger charge is 2.24. The maximum absolute atomic E-state index is 13.2. The molecule has 0 bridgehead atoms. The number of amides is 1. The zero-order chi connectivity index (χ0) is 17.4. The highest BCUT2D eigenvalue weighted by Crippen LogP contribution is 2.35. The van der Waals surface area contributed by atoms with E-state index in [0.29, 0.717) is 27.3 Å². The highest BCUT2D eigenvalue weighted by molar-refractivity contribution is 8.18. The van der Waals surface area contributed by atoms with Crippen molar-refractivity contribution < 1.29 is 18.7 Å². The summed E-state index contributed by atoms with van der Waals surface area (Å²) in [6, 6.07) is 9.55. The molecule has 0 radical (unpaired) electrons. The van der Waals surface area contributed by atoms with E-state index >= 15 is 0 Å². The van der Waals surface area contributed by atoms with Gasteiger partial charge in [0.1, 0.15) is 5.82 Å². The number of halogens is 2. The predicted molar refractivity (Wildman–Crippen MR) is 94.8 cm³/mol. The summed E-state index contributed by atoms with van der Waals surface area (Å²) in [5.74, 6) is 0.556. The number of aliphatic imine (C=N–C) groups is 1. The molecule has 0 aliphatic carbocycles. The van der Waals surface area contributed by atoms with Crippen LogP contribution in [-0.2, 0) is 4.79 Å². The van der Waals surface area contributed by atoms with E-state index in [4.69, 9.17) is 21.1 Å². The predicted octanol–water partition coefficient (Wildman–Crippen LogP) is 4.10. The lowest BCUT2D eigenvalue weighted by Gasteiger charge is -1.99. The second kappa shape index (κ2) is 6.42. The Morgan fingerprint density at radius 2 is 2.04 bits per heavy atom. The van der Waals surface area contributed by atoms with Crippen LogP contribution in [0.5, 0.6) is 11.5 Å². The number of ether oxygens (including phenoxy) is 2. The molecule has 1 saturated heterocycles. The minimum atomic E-state index is -0.517. The first-order chi connectivity index (χ1) is 12.1. The average Bonchev–Trinajstić information content (AvgIpc) is 3.17. The van der Waals surface area contributed by atoms with Gasteiger partial charge in [-0.05, 0) is 53.7 Å². The van der Waals surface area contributed by atoms with Crippen LogP contribution < -0.4 is 14.8 Å². The molecular weight excluding hydrogens is 367 g/mol. The zero-order valence-electron chi connectivity index (χ0n) is 12.6. The molecule has 0 spiro atoms. The number of amidine groups is 1. The van der Waals surface area contributed by atoms with Crippen LogP contribution in [0.2, 0.25) is 5.02 Å². The van der Waals surface area contributed by atoms with E-state index in [1.165, 1.54) is 30.0 Å². The molecule has 2 aromatic rings. The third kappa shape index (κ3) is 3.33. The van der Waals surface area contributed by atoms with Crippen LogP contribution in [-0.4, -0.2) is 17.9 Å².